The molecule has 0 aliphatic carbocycles. The Balaban J connectivity index is 1.51. The topological polar surface area (TPSA) is 140 Å². The van der Waals surface area contributed by atoms with Crippen molar-refractivity contribution in [3.8, 4) is 0 Å². The average molecular weight is 548 g/mol. The van der Waals surface area contributed by atoms with E-state index in [2.05, 4.69) is 5.32 Å². The minimum atomic E-state index is -3.93. The van der Waals surface area contributed by atoms with Crippen LogP contribution in [0, 0.1) is 11.8 Å². The van der Waals surface area contributed by atoms with E-state index in [-0.39, 0.29) is 49.1 Å². The van der Waals surface area contributed by atoms with Crippen LogP contribution in [0.25, 0.3) is 0 Å². The number of nitrogens with two attached hydrogens (primary N) is 1. The molecule has 0 bridgehead atoms. The highest BCUT2D eigenvalue weighted by atomic mass is 32.2. The molecule has 2 heterocycles. The minimum absolute atomic E-state index is 0.000183. The fourth-order valence-corrected chi connectivity index (χ4v) is 6.45. The van der Waals surface area contributed by atoms with E-state index in [4.69, 9.17) is 19.9 Å². The van der Waals surface area contributed by atoms with Crippen molar-refractivity contribution in [3.05, 3.63) is 60.2 Å². The summed E-state index contributed by atoms with van der Waals surface area (Å²) in [6.07, 6.45) is -1.69. The van der Waals surface area contributed by atoms with E-state index < -0.39 is 34.4 Å². The number of fused-ring (bicyclic) bond motifs is 1. The number of nitrogens with one attached hydrogen (secondary N) is 1. The summed E-state index contributed by atoms with van der Waals surface area (Å²) in [5, 5.41) is 14.1. The van der Waals surface area contributed by atoms with Crippen LogP contribution in [0.3, 0.4) is 0 Å². The van der Waals surface area contributed by atoms with Crippen molar-refractivity contribution >= 4 is 21.8 Å². The Bertz CT molecular complexity index is 1160. The van der Waals surface area contributed by atoms with Crippen LogP contribution in [-0.4, -0.2) is 74.8 Å². The third kappa shape index (κ3) is 7.03. The Labute approximate surface area is 224 Å². The number of rotatable bonds is 11. The van der Waals surface area contributed by atoms with Gasteiger partial charge in [-0.25, -0.2) is 13.2 Å². The smallest absolute Gasteiger partial charge is 0.407 e. The maximum atomic E-state index is 13.5. The summed E-state index contributed by atoms with van der Waals surface area (Å²) < 4.78 is 44.9. The number of carbonyl (C=O) groups is 1. The third-order valence-corrected chi connectivity index (χ3v) is 8.63. The SMILES string of the molecule is CC(C)CN(C[C@@H](O)[C@@H](Cc1ccccc1)NC(=O)O[C@H]1CO[C@H]2OCC[C@H]21)S(=O)(=O)c1ccc(N)cc1. The number of benzene rings is 2. The van der Waals surface area contributed by atoms with E-state index in [0.717, 1.165) is 12.0 Å². The molecular weight excluding hydrogens is 510 g/mol. The quantitative estimate of drug-likeness (QED) is 0.364. The lowest BCUT2D eigenvalue weighted by Crippen LogP contribution is -2.51. The second kappa shape index (κ2) is 12.4. The summed E-state index contributed by atoms with van der Waals surface area (Å²) in [7, 11) is -3.93. The summed E-state index contributed by atoms with van der Waals surface area (Å²) in [5.41, 5.74) is 7.07. The van der Waals surface area contributed by atoms with Gasteiger partial charge in [0, 0.05) is 18.8 Å². The molecule has 5 atom stereocenters. The highest BCUT2D eigenvalue weighted by Crippen LogP contribution is 2.33. The first-order valence-electron chi connectivity index (χ1n) is 12.9. The molecule has 0 unspecified atom stereocenters. The van der Waals surface area contributed by atoms with Crippen molar-refractivity contribution in [2.45, 2.75) is 56.1 Å². The fourth-order valence-electron chi connectivity index (χ4n) is 4.82. The highest BCUT2D eigenvalue weighted by molar-refractivity contribution is 7.89. The van der Waals surface area contributed by atoms with Gasteiger partial charge in [-0.05, 0) is 48.6 Å². The molecule has 4 N–H and O–H groups in total. The lowest BCUT2D eigenvalue weighted by Gasteiger charge is -2.31. The second-order valence-corrected chi connectivity index (χ2v) is 12.2. The second-order valence-electron chi connectivity index (χ2n) is 10.3. The van der Waals surface area contributed by atoms with Gasteiger partial charge in [0.25, 0.3) is 0 Å². The Hall–Kier alpha value is -2.70. The van der Waals surface area contributed by atoms with Gasteiger partial charge in [-0.3, -0.25) is 0 Å². The number of anilines is 1. The molecular formula is C27H37N3O7S. The molecule has 2 aliphatic rings. The van der Waals surface area contributed by atoms with Crippen molar-refractivity contribution < 1.29 is 32.5 Å². The van der Waals surface area contributed by atoms with Crippen molar-refractivity contribution in [2.24, 2.45) is 11.8 Å². The molecule has 2 aromatic rings. The number of aliphatic hydroxyl groups is 1. The molecule has 0 saturated carbocycles. The number of sulfonamides is 1. The molecule has 1 amide bonds. The molecule has 10 nitrogen and oxygen atoms in total. The summed E-state index contributed by atoms with van der Waals surface area (Å²) in [6.45, 7) is 4.58. The van der Waals surface area contributed by atoms with Crippen LogP contribution >= 0.6 is 0 Å². The Kier molecular flexibility index (Phi) is 9.27. The van der Waals surface area contributed by atoms with E-state index in [1.165, 1.54) is 28.6 Å². The third-order valence-electron chi connectivity index (χ3n) is 6.79. The zero-order valence-corrected chi connectivity index (χ0v) is 22.5. The standard InChI is InChI=1S/C27H37N3O7S/c1-18(2)15-30(38(33,34)21-10-8-20(28)9-11-21)16-24(31)23(14-19-6-4-3-5-7-19)29-27(32)37-25-17-36-26-22(25)12-13-35-26/h3-11,18,22-26,31H,12-17,28H2,1-2H3,(H,29,32)/t22-,23+,24+,25-,26+/m0/s1. The first-order chi connectivity index (χ1) is 18.1. The number of hydrogen-bond acceptors (Lipinski definition) is 8. The molecule has 2 saturated heterocycles. The average Bonchev–Trinajstić information content (AvgIpc) is 3.49. The van der Waals surface area contributed by atoms with E-state index >= 15 is 0 Å². The molecule has 2 fully saturated rings. The van der Waals surface area contributed by atoms with E-state index in [9.17, 15) is 18.3 Å². The summed E-state index contributed by atoms with van der Waals surface area (Å²) in [5.74, 6) is -0.0231. The van der Waals surface area contributed by atoms with Crippen LogP contribution in [0.1, 0.15) is 25.8 Å². The van der Waals surface area contributed by atoms with E-state index in [0.29, 0.717) is 12.3 Å². The Morgan fingerprint density at radius 3 is 2.53 bits per heavy atom. The number of aliphatic hydroxyl groups excluding tert-OH is 1. The zero-order chi connectivity index (χ0) is 27.3. The first kappa shape index (κ1) is 28.3. The highest BCUT2D eigenvalue weighted by Gasteiger charge is 2.44. The summed E-state index contributed by atoms with van der Waals surface area (Å²) >= 11 is 0. The zero-order valence-electron chi connectivity index (χ0n) is 21.7. The normalized spacial score (nSPS) is 22.8. The van der Waals surface area contributed by atoms with Crippen LogP contribution in [-0.2, 0) is 30.7 Å². The van der Waals surface area contributed by atoms with Crippen molar-refractivity contribution in [1.29, 1.82) is 0 Å². The van der Waals surface area contributed by atoms with E-state index in [1.807, 2.05) is 44.2 Å². The number of nitrogens with zero attached hydrogens (tertiary/aromatic N) is 1. The fraction of sp³-hybridized carbons (Fsp3) is 0.519. The van der Waals surface area contributed by atoms with Gasteiger partial charge in [-0.15, -0.1) is 0 Å². The predicted molar refractivity (Wildman–Crippen MR) is 142 cm³/mol. The molecule has 11 heteroatoms. The van der Waals surface area contributed by atoms with Gasteiger partial charge in [0.15, 0.2) is 6.29 Å². The number of hydrogen-bond donors (Lipinski definition) is 3. The van der Waals surface area contributed by atoms with Crippen molar-refractivity contribution in [2.75, 3.05) is 32.0 Å². The van der Waals surface area contributed by atoms with Crippen LogP contribution in [0.2, 0.25) is 0 Å². The predicted octanol–water partition coefficient (Wildman–Crippen LogP) is 2.38. The molecule has 4 rings (SSSR count). The number of carbonyl (C=O) groups excluding carboxylic acids is 1. The van der Waals surface area contributed by atoms with Gasteiger partial charge >= 0.3 is 6.09 Å². The van der Waals surface area contributed by atoms with Gasteiger partial charge in [0.05, 0.1) is 36.2 Å². The van der Waals surface area contributed by atoms with Crippen LogP contribution in [0.5, 0.6) is 0 Å². The van der Waals surface area contributed by atoms with Gasteiger partial charge in [-0.2, -0.15) is 4.31 Å². The largest absolute Gasteiger partial charge is 0.443 e. The maximum Gasteiger partial charge on any atom is 0.407 e. The van der Waals surface area contributed by atoms with Crippen LogP contribution < -0.4 is 11.1 Å². The van der Waals surface area contributed by atoms with Crippen molar-refractivity contribution in [3.63, 3.8) is 0 Å². The molecule has 2 aromatic carbocycles. The van der Waals surface area contributed by atoms with Gasteiger partial charge < -0.3 is 30.4 Å². The number of ether oxygens (including phenoxy) is 3. The molecule has 2 aliphatic heterocycles. The lowest BCUT2D eigenvalue weighted by atomic mass is 10.0. The molecule has 0 radical (unpaired) electrons. The Morgan fingerprint density at radius 1 is 1.13 bits per heavy atom. The first-order valence-corrected chi connectivity index (χ1v) is 14.4. The maximum absolute atomic E-state index is 13.5. The minimum Gasteiger partial charge on any atom is -0.443 e. The van der Waals surface area contributed by atoms with Crippen molar-refractivity contribution in [1.82, 2.24) is 9.62 Å². The monoisotopic (exact) mass is 547 g/mol. The van der Waals surface area contributed by atoms with Gasteiger partial charge in [0.1, 0.15) is 6.10 Å². The molecule has 38 heavy (non-hydrogen) atoms. The summed E-state index contributed by atoms with van der Waals surface area (Å²) in [6, 6.07) is 14.5. The number of alkyl carbamates (subject to hydrolysis) is 1. The Morgan fingerprint density at radius 2 is 1.84 bits per heavy atom. The van der Waals surface area contributed by atoms with Gasteiger partial charge in [0.2, 0.25) is 10.0 Å². The molecule has 0 aromatic heterocycles. The van der Waals surface area contributed by atoms with Crippen LogP contribution in [0.4, 0.5) is 10.5 Å². The molecule has 208 valence electrons. The number of amides is 1. The lowest BCUT2D eigenvalue weighted by molar-refractivity contribution is -0.0907. The van der Waals surface area contributed by atoms with Gasteiger partial charge in [-0.1, -0.05) is 44.2 Å². The molecule has 0 spiro atoms. The van der Waals surface area contributed by atoms with Crippen LogP contribution in [0.15, 0.2) is 59.5 Å². The van der Waals surface area contributed by atoms with E-state index in [1.54, 1.807) is 0 Å². The number of nitrogen functional groups attached to an aromatic ring is 1. The summed E-state index contributed by atoms with van der Waals surface area (Å²) in [4.78, 5) is 13.0.